The zero-order valence-corrected chi connectivity index (χ0v) is 12.1. The zero-order chi connectivity index (χ0) is 15.6. The maximum atomic E-state index is 12.9. The number of ether oxygens (including phenoxy) is 1. The molecule has 0 saturated heterocycles. The molecule has 0 aliphatic heterocycles. The van der Waals surface area contributed by atoms with Gasteiger partial charge in [0.25, 0.3) is 0 Å². The molecule has 1 fully saturated rings. The summed E-state index contributed by atoms with van der Waals surface area (Å²) in [7, 11) is 0. The third kappa shape index (κ3) is 3.49. The number of nitrogens with zero attached hydrogens (tertiary/aromatic N) is 1. The van der Waals surface area contributed by atoms with Crippen molar-refractivity contribution in [1.82, 2.24) is 0 Å². The minimum atomic E-state index is -4.55. The number of alkyl halides is 3. The molecule has 1 saturated carbocycles. The Bertz CT molecular complexity index is 537. The normalized spacial score (nSPS) is 26.2. The van der Waals surface area contributed by atoms with Crippen LogP contribution < -0.4 is 4.74 Å². The Kier molecular flexibility index (Phi) is 4.46. The van der Waals surface area contributed by atoms with E-state index in [1.54, 1.807) is 6.07 Å². The summed E-state index contributed by atoms with van der Waals surface area (Å²) in [5, 5.41) is 8.79. The third-order valence-corrected chi connectivity index (χ3v) is 4.13. The second-order valence-corrected chi connectivity index (χ2v) is 5.78. The maximum Gasteiger partial charge on any atom is 0.417 e. The Morgan fingerprint density at radius 1 is 1.19 bits per heavy atom. The summed E-state index contributed by atoms with van der Waals surface area (Å²) in [5.41, 5.74) is -1.31. The average molecular weight is 297 g/mol. The molecule has 0 heterocycles. The van der Waals surface area contributed by atoms with Gasteiger partial charge < -0.3 is 4.74 Å². The predicted octanol–water partition coefficient (Wildman–Crippen LogP) is 4.78. The molecule has 1 aliphatic rings. The molecule has 2 rings (SSSR count). The molecule has 1 aromatic carbocycles. The molecule has 2 nitrogen and oxygen atoms in total. The van der Waals surface area contributed by atoms with Crippen LogP contribution in [0.5, 0.6) is 5.75 Å². The lowest BCUT2D eigenvalue weighted by atomic mass is 9.80. The van der Waals surface area contributed by atoms with E-state index in [-0.39, 0.29) is 17.4 Å². The lowest BCUT2D eigenvalue weighted by molar-refractivity contribution is -0.138. The van der Waals surface area contributed by atoms with Crippen LogP contribution in [0, 0.1) is 23.2 Å². The van der Waals surface area contributed by atoms with Crippen molar-refractivity contribution < 1.29 is 17.9 Å². The van der Waals surface area contributed by atoms with E-state index < -0.39 is 11.7 Å². The highest BCUT2D eigenvalue weighted by atomic mass is 19.4. The molecule has 0 aromatic heterocycles. The summed E-state index contributed by atoms with van der Waals surface area (Å²) < 4.78 is 44.6. The summed E-state index contributed by atoms with van der Waals surface area (Å²) in [5.74, 6) is 0.824. The first kappa shape index (κ1) is 15.7. The van der Waals surface area contributed by atoms with Gasteiger partial charge in [0.15, 0.2) is 0 Å². The van der Waals surface area contributed by atoms with Gasteiger partial charge in [0, 0.05) is 0 Å². The Labute approximate surface area is 122 Å². The SMILES string of the molecule is CC1CCCC(C)C1Oc1ccc(C#N)c(C(F)(F)F)c1. The molecule has 0 N–H and O–H groups in total. The fraction of sp³-hybridized carbons (Fsp3) is 0.562. The first-order chi connectivity index (χ1) is 9.82. The third-order valence-electron chi connectivity index (χ3n) is 4.13. The number of hydrogen-bond donors (Lipinski definition) is 0. The first-order valence-corrected chi connectivity index (χ1v) is 7.11. The molecule has 0 bridgehead atoms. The van der Waals surface area contributed by atoms with E-state index in [2.05, 4.69) is 13.8 Å². The predicted molar refractivity (Wildman–Crippen MR) is 72.8 cm³/mol. The number of hydrogen-bond acceptors (Lipinski definition) is 2. The van der Waals surface area contributed by atoms with Crippen molar-refractivity contribution in [3.05, 3.63) is 29.3 Å². The highest BCUT2D eigenvalue weighted by Gasteiger charge is 2.35. The number of benzene rings is 1. The summed E-state index contributed by atoms with van der Waals surface area (Å²) in [6, 6.07) is 5.14. The number of rotatable bonds is 2. The van der Waals surface area contributed by atoms with Crippen molar-refractivity contribution in [2.75, 3.05) is 0 Å². The average Bonchev–Trinajstić information content (AvgIpc) is 2.42. The van der Waals surface area contributed by atoms with Gasteiger partial charge in [0.05, 0.1) is 17.2 Å². The first-order valence-electron chi connectivity index (χ1n) is 7.11. The highest BCUT2D eigenvalue weighted by Crippen LogP contribution is 2.36. The number of nitriles is 1. The molecule has 0 amide bonds. The second-order valence-electron chi connectivity index (χ2n) is 5.78. The van der Waals surface area contributed by atoms with E-state index in [4.69, 9.17) is 10.00 Å². The molecule has 1 aromatic rings. The van der Waals surface area contributed by atoms with Crippen molar-refractivity contribution in [2.24, 2.45) is 11.8 Å². The van der Waals surface area contributed by atoms with Crippen molar-refractivity contribution in [3.8, 4) is 11.8 Å². The minimum absolute atomic E-state index is 0.0761. The molecule has 2 atom stereocenters. The van der Waals surface area contributed by atoms with E-state index in [0.29, 0.717) is 11.8 Å². The van der Waals surface area contributed by atoms with Crippen molar-refractivity contribution in [3.63, 3.8) is 0 Å². The summed E-state index contributed by atoms with van der Waals surface area (Å²) in [6.07, 6.45) is -1.44. The molecule has 5 heteroatoms. The molecular weight excluding hydrogens is 279 g/mol. The lowest BCUT2D eigenvalue weighted by Crippen LogP contribution is -2.35. The van der Waals surface area contributed by atoms with Gasteiger partial charge in [-0.05, 0) is 42.9 Å². The van der Waals surface area contributed by atoms with E-state index in [9.17, 15) is 13.2 Å². The van der Waals surface area contributed by atoms with Gasteiger partial charge in [-0.3, -0.25) is 0 Å². The van der Waals surface area contributed by atoms with Gasteiger partial charge >= 0.3 is 6.18 Å². The van der Waals surface area contributed by atoms with E-state index in [1.807, 2.05) is 0 Å². The standard InChI is InChI=1S/C16H18F3NO/c1-10-4-3-5-11(2)15(10)21-13-7-6-12(9-20)14(8-13)16(17,18)19/h6-8,10-11,15H,3-5H2,1-2H3. The fourth-order valence-corrected chi connectivity index (χ4v) is 2.97. The molecule has 2 unspecified atom stereocenters. The minimum Gasteiger partial charge on any atom is -0.490 e. The molecule has 0 spiro atoms. The van der Waals surface area contributed by atoms with Gasteiger partial charge in [0.1, 0.15) is 11.9 Å². The van der Waals surface area contributed by atoms with E-state index in [0.717, 1.165) is 25.3 Å². The summed E-state index contributed by atoms with van der Waals surface area (Å²) >= 11 is 0. The van der Waals surface area contributed by atoms with Gasteiger partial charge in [-0.25, -0.2) is 0 Å². The topological polar surface area (TPSA) is 33.0 Å². The smallest absolute Gasteiger partial charge is 0.417 e. The Hall–Kier alpha value is -1.70. The Morgan fingerprint density at radius 3 is 2.33 bits per heavy atom. The lowest BCUT2D eigenvalue weighted by Gasteiger charge is -2.34. The molecule has 21 heavy (non-hydrogen) atoms. The monoisotopic (exact) mass is 297 g/mol. The summed E-state index contributed by atoms with van der Waals surface area (Å²) in [6.45, 7) is 4.13. The van der Waals surface area contributed by atoms with Crippen LogP contribution in [-0.2, 0) is 6.18 Å². The quantitative estimate of drug-likeness (QED) is 0.787. The number of halogens is 3. The van der Waals surface area contributed by atoms with Gasteiger partial charge in [-0.1, -0.05) is 20.3 Å². The van der Waals surface area contributed by atoms with Gasteiger partial charge in [0.2, 0.25) is 0 Å². The van der Waals surface area contributed by atoms with Crippen LogP contribution in [0.4, 0.5) is 13.2 Å². The van der Waals surface area contributed by atoms with Crippen LogP contribution in [-0.4, -0.2) is 6.10 Å². The summed E-state index contributed by atoms with van der Waals surface area (Å²) in [4.78, 5) is 0. The van der Waals surface area contributed by atoms with Crippen LogP contribution in [0.2, 0.25) is 0 Å². The van der Waals surface area contributed by atoms with Crippen molar-refractivity contribution >= 4 is 0 Å². The van der Waals surface area contributed by atoms with Crippen LogP contribution in [0.3, 0.4) is 0 Å². The molecule has 1 aliphatic carbocycles. The Balaban J connectivity index is 2.27. The van der Waals surface area contributed by atoms with Crippen molar-refractivity contribution in [1.29, 1.82) is 5.26 Å². The van der Waals surface area contributed by atoms with Crippen LogP contribution in [0.1, 0.15) is 44.2 Å². The molecular formula is C16H18F3NO. The van der Waals surface area contributed by atoms with Gasteiger partial charge in [-0.2, -0.15) is 18.4 Å². The Morgan fingerprint density at radius 2 is 1.81 bits per heavy atom. The fourth-order valence-electron chi connectivity index (χ4n) is 2.97. The molecule has 114 valence electrons. The zero-order valence-electron chi connectivity index (χ0n) is 12.1. The van der Waals surface area contributed by atoms with Crippen molar-refractivity contribution in [2.45, 2.75) is 45.4 Å². The van der Waals surface area contributed by atoms with Crippen LogP contribution >= 0.6 is 0 Å². The maximum absolute atomic E-state index is 12.9. The largest absolute Gasteiger partial charge is 0.490 e. The van der Waals surface area contributed by atoms with E-state index in [1.165, 1.54) is 12.1 Å². The second kappa shape index (κ2) is 5.97. The molecule has 0 radical (unpaired) electrons. The van der Waals surface area contributed by atoms with Crippen LogP contribution in [0.15, 0.2) is 18.2 Å². The highest BCUT2D eigenvalue weighted by molar-refractivity contribution is 5.44. The van der Waals surface area contributed by atoms with Gasteiger partial charge in [-0.15, -0.1) is 0 Å². The van der Waals surface area contributed by atoms with E-state index >= 15 is 0 Å². The van der Waals surface area contributed by atoms with Crippen LogP contribution in [0.25, 0.3) is 0 Å².